The molecule has 0 fully saturated rings. The highest BCUT2D eigenvalue weighted by Crippen LogP contribution is 2.41. The van der Waals surface area contributed by atoms with E-state index in [0.717, 1.165) is 5.56 Å². The molecule has 8 heteroatoms. The number of amides is 1. The van der Waals surface area contributed by atoms with Crippen molar-refractivity contribution in [2.24, 2.45) is 0 Å². The summed E-state index contributed by atoms with van der Waals surface area (Å²) in [7, 11) is 0. The molecule has 6 nitrogen and oxygen atoms in total. The molecule has 0 saturated heterocycles. The number of benzene rings is 2. The summed E-state index contributed by atoms with van der Waals surface area (Å²) < 4.78 is 7.06. The molecule has 0 unspecified atom stereocenters. The van der Waals surface area contributed by atoms with Crippen LogP contribution in [0.15, 0.2) is 33.2 Å². The van der Waals surface area contributed by atoms with E-state index in [9.17, 15) is 14.7 Å². The number of aliphatic carboxylic acids is 1. The van der Waals surface area contributed by atoms with Gasteiger partial charge >= 0.3 is 5.97 Å². The van der Waals surface area contributed by atoms with E-state index < -0.39 is 18.4 Å². The second-order valence-electron chi connectivity index (χ2n) is 6.23. The summed E-state index contributed by atoms with van der Waals surface area (Å²) in [6.45, 7) is 5.21. The molecule has 0 radical (unpaired) electrons. The van der Waals surface area contributed by atoms with Gasteiger partial charge in [0.05, 0.1) is 8.95 Å². The maximum absolute atomic E-state index is 12.2. The van der Waals surface area contributed by atoms with Crippen LogP contribution in [0.1, 0.15) is 41.3 Å². The Hall–Kier alpha value is -2.06. The number of aromatic hydroxyl groups is 1. The first kappa shape index (κ1) is 21.2. The molecule has 0 aromatic heterocycles. The second kappa shape index (κ2) is 8.75. The number of halogens is 2. The maximum atomic E-state index is 12.2. The van der Waals surface area contributed by atoms with E-state index in [1.807, 2.05) is 13.8 Å². The highest BCUT2D eigenvalue weighted by atomic mass is 79.9. The maximum Gasteiger partial charge on any atom is 0.322 e. The van der Waals surface area contributed by atoms with Crippen molar-refractivity contribution in [1.82, 2.24) is 5.32 Å². The van der Waals surface area contributed by atoms with Gasteiger partial charge < -0.3 is 20.3 Å². The smallest absolute Gasteiger partial charge is 0.322 e. The number of ether oxygens (including phenoxy) is 1. The zero-order valence-electron chi connectivity index (χ0n) is 15.0. The van der Waals surface area contributed by atoms with Crippen molar-refractivity contribution in [2.75, 3.05) is 6.54 Å². The largest absolute Gasteiger partial charge is 0.508 e. The van der Waals surface area contributed by atoms with Gasteiger partial charge in [0.25, 0.3) is 5.91 Å². The van der Waals surface area contributed by atoms with Crippen LogP contribution in [0.3, 0.4) is 0 Å². The van der Waals surface area contributed by atoms with Crippen molar-refractivity contribution in [3.63, 3.8) is 0 Å². The van der Waals surface area contributed by atoms with Crippen LogP contribution in [0.2, 0.25) is 0 Å². The third kappa shape index (κ3) is 5.01. The van der Waals surface area contributed by atoms with E-state index in [1.54, 1.807) is 31.2 Å². The predicted molar refractivity (Wildman–Crippen MR) is 109 cm³/mol. The predicted octanol–water partition coefficient (Wildman–Crippen LogP) is 4.96. The molecule has 27 heavy (non-hydrogen) atoms. The van der Waals surface area contributed by atoms with Gasteiger partial charge in [0.1, 0.15) is 18.0 Å². The fraction of sp³-hybridized carbons (Fsp3) is 0.263. The van der Waals surface area contributed by atoms with E-state index in [2.05, 4.69) is 37.2 Å². The number of carboxylic acids is 1. The highest BCUT2D eigenvalue weighted by Gasteiger charge is 2.19. The van der Waals surface area contributed by atoms with Gasteiger partial charge in [-0.15, -0.1) is 0 Å². The van der Waals surface area contributed by atoms with E-state index >= 15 is 0 Å². The fourth-order valence-corrected chi connectivity index (χ4v) is 3.73. The quantitative estimate of drug-likeness (QED) is 0.521. The van der Waals surface area contributed by atoms with Crippen molar-refractivity contribution in [1.29, 1.82) is 0 Å². The molecule has 0 saturated carbocycles. The molecule has 1 amide bonds. The van der Waals surface area contributed by atoms with Gasteiger partial charge in [0, 0.05) is 11.1 Å². The molecule has 0 spiro atoms. The average Bonchev–Trinajstić information content (AvgIpc) is 2.60. The monoisotopic (exact) mass is 499 g/mol. The number of hydrogen-bond donors (Lipinski definition) is 3. The van der Waals surface area contributed by atoms with Crippen LogP contribution in [0.5, 0.6) is 17.2 Å². The minimum atomic E-state index is -1.12. The van der Waals surface area contributed by atoms with Crippen molar-refractivity contribution < 1.29 is 24.5 Å². The van der Waals surface area contributed by atoms with E-state index in [0.29, 0.717) is 31.6 Å². The van der Waals surface area contributed by atoms with Gasteiger partial charge in [-0.2, -0.15) is 0 Å². The SMILES string of the molecule is Cc1c(C(=O)NCC(=O)O)cc(Br)c(Oc2ccc(O)c(C(C)C)c2)c1Br. The first-order valence-electron chi connectivity index (χ1n) is 8.11. The fourth-order valence-electron chi connectivity index (χ4n) is 2.45. The first-order chi connectivity index (χ1) is 12.6. The lowest BCUT2D eigenvalue weighted by Crippen LogP contribution is -2.29. The van der Waals surface area contributed by atoms with Gasteiger partial charge in [-0.25, -0.2) is 0 Å². The van der Waals surface area contributed by atoms with E-state index in [4.69, 9.17) is 9.84 Å². The molecule has 2 aromatic carbocycles. The molecule has 0 aliphatic carbocycles. The van der Waals surface area contributed by atoms with Gasteiger partial charge in [0.15, 0.2) is 5.75 Å². The lowest BCUT2D eigenvalue weighted by atomic mass is 10.0. The van der Waals surface area contributed by atoms with E-state index in [1.165, 1.54) is 0 Å². The Morgan fingerprint density at radius 2 is 1.89 bits per heavy atom. The summed E-state index contributed by atoms with van der Waals surface area (Å²) >= 11 is 6.85. The summed E-state index contributed by atoms with van der Waals surface area (Å²) in [6.07, 6.45) is 0. The van der Waals surface area contributed by atoms with Crippen LogP contribution in [-0.4, -0.2) is 28.6 Å². The zero-order valence-corrected chi connectivity index (χ0v) is 18.1. The number of carbonyl (C=O) groups is 2. The minimum Gasteiger partial charge on any atom is -0.508 e. The van der Waals surface area contributed by atoms with Crippen molar-refractivity contribution in [2.45, 2.75) is 26.7 Å². The lowest BCUT2D eigenvalue weighted by Gasteiger charge is -2.16. The molecule has 2 aromatic rings. The number of rotatable bonds is 6. The Bertz CT molecular complexity index is 896. The van der Waals surface area contributed by atoms with Crippen LogP contribution in [0, 0.1) is 6.92 Å². The minimum absolute atomic E-state index is 0.127. The third-order valence-electron chi connectivity index (χ3n) is 3.91. The third-order valence-corrected chi connectivity index (χ3v) is 5.45. The van der Waals surface area contributed by atoms with Crippen LogP contribution in [-0.2, 0) is 4.79 Å². The Balaban J connectivity index is 2.37. The second-order valence-corrected chi connectivity index (χ2v) is 7.88. The van der Waals surface area contributed by atoms with Crippen LogP contribution >= 0.6 is 31.9 Å². The molecule has 0 aliphatic heterocycles. The van der Waals surface area contributed by atoms with E-state index in [-0.39, 0.29) is 11.7 Å². The molecule has 0 aliphatic rings. The number of phenols is 1. The standard InChI is InChI=1S/C19H19Br2NO5/c1-9(2)12-6-11(4-5-15(12)23)27-18-14(20)7-13(10(3)17(18)21)19(26)22-8-16(24)25/h4-7,9,23H,8H2,1-3H3,(H,22,26)(H,24,25). The van der Waals surface area contributed by atoms with Crippen LogP contribution < -0.4 is 10.1 Å². The van der Waals surface area contributed by atoms with Gasteiger partial charge in [-0.1, -0.05) is 13.8 Å². The summed E-state index contributed by atoms with van der Waals surface area (Å²) in [5.74, 6) is -0.260. The zero-order chi connectivity index (χ0) is 20.3. The Morgan fingerprint density at radius 1 is 1.22 bits per heavy atom. The Labute approximate surface area is 173 Å². The molecule has 0 atom stereocenters. The van der Waals surface area contributed by atoms with Crippen LogP contribution in [0.4, 0.5) is 0 Å². The molecule has 0 bridgehead atoms. The summed E-state index contributed by atoms with van der Waals surface area (Å²) in [4.78, 5) is 22.9. The molecule has 144 valence electrons. The van der Waals surface area contributed by atoms with Crippen molar-refractivity contribution in [3.05, 3.63) is 49.9 Å². The number of nitrogens with one attached hydrogen (secondary N) is 1. The summed E-state index contributed by atoms with van der Waals surface area (Å²) in [6, 6.07) is 6.58. The molecule has 3 N–H and O–H groups in total. The number of carboxylic acid groups (broad SMARTS) is 1. The molecule has 2 rings (SSSR count). The average molecular weight is 501 g/mol. The van der Waals surface area contributed by atoms with Crippen LogP contribution in [0.25, 0.3) is 0 Å². The molecular weight excluding hydrogens is 482 g/mol. The number of phenolic OH excluding ortho intramolecular Hbond substituents is 1. The van der Waals surface area contributed by atoms with Gasteiger partial charge in [-0.05, 0) is 74.5 Å². The Morgan fingerprint density at radius 3 is 2.48 bits per heavy atom. The molecule has 0 heterocycles. The van der Waals surface area contributed by atoms with Gasteiger partial charge in [0.2, 0.25) is 0 Å². The van der Waals surface area contributed by atoms with Gasteiger partial charge in [-0.3, -0.25) is 9.59 Å². The first-order valence-corrected chi connectivity index (χ1v) is 9.69. The summed E-state index contributed by atoms with van der Waals surface area (Å²) in [5, 5.41) is 21.0. The highest BCUT2D eigenvalue weighted by molar-refractivity contribution is 9.11. The summed E-state index contributed by atoms with van der Waals surface area (Å²) in [5.41, 5.74) is 1.70. The topological polar surface area (TPSA) is 95.9 Å². The Kier molecular flexibility index (Phi) is 6.89. The number of carbonyl (C=O) groups excluding carboxylic acids is 1. The molecular formula is C19H19Br2NO5. The number of hydrogen-bond acceptors (Lipinski definition) is 4. The van der Waals surface area contributed by atoms with Crippen molar-refractivity contribution >= 4 is 43.7 Å². The lowest BCUT2D eigenvalue weighted by molar-refractivity contribution is -0.135. The normalized spacial score (nSPS) is 10.7. The van der Waals surface area contributed by atoms with Crippen molar-refractivity contribution in [3.8, 4) is 17.2 Å².